The number of aryl methyl sites for hydroxylation is 3. The van der Waals surface area contributed by atoms with Gasteiger partial charge in [-0.3, -0.25) is 4.79 Å². The summed E-state index contributed by atoms with van der Waals surface area (Å²) in [6.45, 7) is 7.87. The molecule has 0 aliphatic heterocycles. The Morgan fingerprint density at radius 1 is 1.24 bits per heavy atom. The van der Waals surface area contributed by atoms with E-state index in [1.54, 1.807) is 0 Å². The first kappa shape index (κ1) is 17.7. The van der Waals surface area contributed by atoms with Crippen LogP contribution >= 0.6 is 23.1 Å². The minimum Gasteiger partial charge on any atom is -0.410 e. The number of hydrogen-bond acceptors (Lipinski definition) is 6. The van der Waals surface area contributed by atoms with Gasteiger partial charge < -0.3 is 9.73 Å². The van der Waals surface area contributed by atoms with E-state index in [-0.39, 0.29) is 11.2 Å². The molecule has 130 valence electrons. The van der Waals surface area contributed by atoms with Crippen LogP contribution in [0.1, 0.15) is 23.6 Å². The number of thioether (sulfide) groups is 1. The molecule has 0 unspecified atom stereocenters. The van der Waals surface area contributed by atoms with Crippen molar-refractivity contribution in [2.24, 2.45) is 0 Å². The second-order valence-electron chi connectivity index (χ2n) is 5.87. The minimum atomic E-state index is -0.350. The van der Waals surface area contributed by atoms with Crippen LogP contribution in [0, 0.1) is 20.8 Å². The lowest BCUT2D eigenvalue weighted by molar-refractivity contribution is -0.115. The molecule has 0 spiro atoms. The third kappa shape index (κ3) is 4.11. The highest BCUT2D eigenvalue weighted by Gasteiger charge is 2.20. The molecule has 25 heavy (non-hydrogen) atoms. The number of nitrogens with zero attached hydrogens (tertiary/aromatic N) is 2. The molecule has 0 aliphatic rings. The van der Waals surface area contributed by atoms with Gasteiger partial charge >= 0.3 is 0 Å². The molecule has 5 nitrogen and oxygen atoms in total. The predicted octanol–water partition coefficient (Wildman–Crippen LogP) is 4.84. The number of hydrogen-bond donors (Lipinski definition) is 1. The number of aromatic nitrogens is 2. The number of thiophene rings is 1. The highest BCUT2D eigenvalue weighted by atomic mass is 32.2. The third-order valence-electron chi connectivity index (χ3n) is 3.71. The molecule has 1 N–H and O–H groups in total. The van der Waals surface area contributed by atoms with Crippen molar-refractivity contribution in [3.8, 4) is 10.8 Å². The van der Waals surface area contributed by atoms with Crippen molar-refractivity contribution in [3.63, 3.8) is 0 Å². The molecule has 1 aromatic carbocycles. The second-order valence-corrected chi connectivity index (χ2v) is 8.11. The van der Waals surface area contributed by atoms with Crippen LogP contribution in [-0.2, 0) is 4.79 Å². The molecule has 2 aromatic heterocycles. The topological polar surface area (TPSA) is 68.0 Å². The Bertz CT molecular complexity index is 865. The Morgan fingerprint density at radius 2 is 1.96 bits per heavy atom. The average molecular weight is 374 g/mol. The summed E-state index contributed by atoms with van der Waals surface area (Å²) in [6.07, 6.45) is 0. The van der Waals surface area contributed by atoms with Gasteiger partial charge in [-0.05, 0) is 50.3 Å². The van der Waals surface area contributed by atoms with Crippen molar-refractivity contribution in [2.75, 3.05) is 5.32 Å². The first-order chi connectivity index (χ1) is 11.9. The lowest BCUT2D eigenvalue weighted by atomic mass is 10.1. The normalized spacial score (nSPS) is 12.2. The molecule has 0 fully saturated rings. The number of anilines is 1. The Morgan fingerprint density at radius 3 is 2.60 bits per heavy atom. The van der Waals surface area contributed by atoms with E-state index in [2.05, 4.69) is 27.6 Å². The van der Waals surface area contributed by atoms with Crippen LogP contribution in [0.25, 0.3) is 10.8 Å². The van der Waals surface area contributed by atoms with Gasteiger partial charge in [0.05, 0.1) is 10.1 Å². The van der Waals surface area contributed by atoms with Crippen LogP contribution in [-0.4, -0.2) is 21.4 Å². The van der Waals surface area contributed by atoms with Crippen molar-refractivity contribution in [1.29, 1.82) is 0 Å². The fourth-order valence-corrected chi connectivity index (χ4v) is 3.89. The highest BCUT2D eigenvalue weighted by molar-refractivity contribution is 8.00. The van der Waals surface area contributed by atoms with Crippen molar-refractivity contribution in [1.82, 2.24) is 10.2 Å². The Kier molecular flexibility index (Phi) is 5.24. The molecule has 0 aliphatic carbocycles. The van der Waals surface area contributed by atoms with Crippen molar-refractivity contribution >= 4 is 34.7 Å². The third-order valence-corrected chi connectivity index (χ3v) is 5.50. The molecule has 0 radical (unpaired) electrons. The number of nitrogens with one attached hydrogen (secondary N) is 1. The second kappa shape index (κ2) is 7.41. The fraction of sp³-hybridized carbons (Fsp3) is 0.278. The molecular weight excluding hydrogens is 354 g/mol. The minimum absolute atomic E-state index is 0.0871. The van der Waals surface area contributed by atoms with E-state index >= 15 is 0 Å². The summed E-state index contributed by atoms with van der Waals surface area (Å²) in [6, 6.07) is 7.97. The van der Waals surface area contributed by atoms with Gasteiger partial charge in [-0.25, -0.2) is 0 Å². The van der Waals surface area contributed by atoms with E-state index in [4.69, 9.17) is 4.42 Å². The van der Waals surface area contributed by atoms with Crippen LogP contribution in [0.2, 0.25) is 0 Å². The van der Waals surface area contributed by atoms with Gasteiger partial charge in [0.2, 0.25) is 5.91 Å². The van der Waals surface area contributed by atoms with E-state index in [0.717, 1.165) is 21.7 Å². The average Bonchev–Trinajstić information content (AvgIpc) is 3.21. The predicted molar refractivity (Wildman–Crippen MR) is 102 cm³/mol. The Hall–Kier alpha value is -2.12. The standard InChI is InChI=1S/C18H19N3O2S2/c1-10-8-11(2)15(12(3)9-10)19-16(22)13(4)25-18-21-20-17(23-18)14-6-5-7-24-14/h5-9,13H,1-4H3,(H,19,22)/t13-/m1/s1. The van der Waals surface area contributed by atoms with E-state index in [1.165, 1.54) is 28.7 Å². The smallest absolute Gasteiger partial charge is 0.277 e. The number of carbonyl (C=O) groups is 1. The van der Waals surface area contributed by atoms with Gasteiger partial charge in [-0.2, -0.15) is 0 Å². The fourth-order valence-electron chi connectivity index (χ4n) is 2.56. The number of carbonyl (C=O) groups excluding carboxylic acids is 1. The summed E-state index contributed by atoms with van der Waals surface area (Å²) in [5, 5.41) is 13.1. The van der Waals surface area contributed by atoms with Crippen LogP contribution in [0.4, 0.5) is 5.69 Å². The summed E-state index contributed by atoms with van der Waals surface area (Å²) in [5.41, 5.74) is 4.16. The molecule has 3 rings (SSSR count). The lowest BCUT2D eigenvalue weighted by Crippen LogP contribution is -2.23. The van der Waals surface area contributed by atoms with Crippen LogP contribution < -0.4 is 5.32 Å². The summed E-state index contributed by atoms with van der Waals surface area (Å²) in [5.74, 6) is 0.395. The van der Waals surface area contributed by atoms with E-state index in [9.17, 15) is 4.79 Å². The van der Waals surface area contributed by atoms with Gasteiger partial charge in [0, 0.05) is 5.69 Å². The van der Waals surface area contributed by atoms with Gasteiger partial charge in [0.15, 0.2) is 0 Å². The van der Waals surface area contributed by atoms with Crippen LogP contribution in [0.15, 0.2) is 39.3 Å². The molecule has 1 atom stereocenters. The zero-order valence-corrected chi connectivity index (χ0v) is 16.1. The first-order valence-corrected chi connectivity index (χ1v) is 9.62. The maximum Gasteiger partial charge on any atom is 0.277 e. The number of rotatable bonds is 5. The number of benzene rings is 1. The van der Waals surface area contributed by atoms with Gasteiger partial charge in [0.1, 0.15) is 0 Å². The Labute approximate surface area is 154 Å². The summed E-state index contributed by atoms with van der Waals surface area (Å²) < 4.78 is 5.63. The zero-order valence-electron chi connectivity index (χ0n) is 14.5. The molecule has 0 saturated heterocycles. The van der Waals surface area contributed by atoms with Gasteiger partial charge in [-0.1, -0.05) is 35.5 Å². The van der Waals surface area contributed by atoms with E-state index < -0.39 is 0 Å². The highest BCUT2D eigenvalue weighted by Crippen LogP contribution is 2.29. The van der Waals surface area contributed by atoms with Crippen molar-refractivity contribution < 1.29 is 9.21 Å². The summed E-state index contributed by atoms with van der Waals surface area (Å²) >= 11 is 2.79. The molecule has 1 amide bonds. The van der Waals surface area contributed by atoms with E-state index in [1.807, 2.05) is 45.2 Å². The maximum atomic E-state index is 12.5. The summed E-state index contributed by atoms with van der Waals surface area (Å²) in [4.78, 5) is 13.4. The molecule has 2 heterocycles. The SMILES string of the molecule is Cc1cc(C)c(NC(=O)[C@@H](C)Sc2nnc(-c3cccs3)o2)c(C)c1. The number of amides is 1. The quantitative estimate of drug-likeness (QED) is 0.648. The molecule has 0 saturated carbocycles. The molecule has 3 aromatic rings. The lowest BCUT2D eigenvalue weighted by Gasteiger charge is -2.15. The zero-order chi connectivity index (χ0) is 18.0. The van der Waals surface area contributed by atoms with Crippen molar-refractivity contribution in [2.45, 2.75) is 38.2 Å². The molecule has 7 heteroatoms. The molecule has 0 bridgehead atoms. The van der Waals surface area contributed by atoms with E-state index in [0.29, 0.717) is 11.1 Å². The van der Waals surface area contributed by atoms with Crippen LogP contribution in [0.3, 0.4) is 0 Å². The largest absolute Gasteiger partial charge is 0.410 e. The maximum absolute atomic E-state index is 12.5. The van der Waals surface area contributed by atoms with Crippen molar-refractivity contribution in [3.05, 3.63) is 46.3 Å². The summed E-state index contributed by atoms with van der Waals surface area (Å²) in [7, 11) is 0. The van der Waals surface area contributed by atoms with Crippen LogP contribution in [0.5, 0.6) is 0 Å². The van der Waals surface area contributed by atoms with Gasteiger partial charge in [0.25, 0.3) is 11.1 Å². The first-order valence-electron chi connectivity index (χ1n) is 7.87. The molecular formula is C18H19N3O2S2. The Balaban J connectivity index is 1.67. The monoisotopic (exact) mass is 373 g/mol. The van der Waals surface area contributed by atoms with Gasteiger partial charge in [-0.15, -0.1) is 21.5 Å².